The predicted molar refractivity (Wildman–Crippen MR) is 81.8 cm³/mol. The highest BCUT2D eigenvalue weighted by molar-refractivity contribution is 6.74. The van der Waals surface area contributed by atoms with Gasteiger partial charge in [0, 0.05) is 0 Å². The molecule has 0 aromatic carbocycles. The molecule has 21 heavy (non-hydrogen) atoms. The van der Waals surface area contributed by atoms with E-state index in [1.807, 2.05) is 13.8 Å². The van der Waals surface area contributed by atoms with Crippen molar-refractivity contribution in [3.05, 3.63) is 0 Å². The highest BCUT2D eigenvalue weighted by atomic mass is 28.4. The number of rotatable bonds is 2. The average Bonchev–Trinajstić information content (AvgIpc) is 2.60. The molecule has 0 aliphatic carbocycles. The fraction of sp³-hybridized carbons (Fsp3) is 0.929. The van der Waals surface area contributed by atoms with E-state index in [9.17, 15) is 4.79 Å². The summed E-state index contributed by atoms with van der Waals surface area (Å²) >= 11 is 0. The van der Waals surface area contributed by atoms with E-state index in [2.05, 4.69) is 33.9 Å². The van der Waals surface area contributed by atoms with Crippen molar-refractivity contribution < 1.29 is 18.7 Å². The fourth-order valence-corrected chi connectivity index (χ4v) is 3.78. The van der Waals surface area contributed by atoms with Crippen molar-refractivity contribution in [2.45, 2.75) is 76.8 Å². The van der Waals surface area contributed by atoms with Gasteiger partial charge in [-0.2, -0.15) is 0 Å². The zero-order valence-electron chi connectivity index (χ0n) is 14.1. The van der Waals surface area contributed by atoms with Gasteiger partial charge >= 0.3 is 0 Å². The number of fused-ring (bicyclic) bond motifs is 1. The molecule has 2 rings (SSSR count). The highest BCUT2D eigenvalue weighted by Crippen LogP contribution is 2.41. The molecule has 2 aliphatic heterocycles. The molecule has 3 unspecified atom stereocenters. The summed E-state index contributed by atoms with van der Waals surface area (Å²) in [5.41, 5.74) is 0. The van der Waals surface area contributed by atoms with E-state index in [0.29, 0.717) is 6.54 Å². The second-order valence-corrected chi connectivity index (χ2v) is 12.7. The van der Waals surface area contributed by atoms with E-state index in [1.54, 1.807) is 0 Å². The normalized spacial score (nSPS) is 33.2. The van der Waals surface area contributed by atoms with Crippen LogP contribution >= 0.6 is 0 Å². The Morgan fingerprint density at radius 2 is 1.90 bits per heavy atom. The van der Waals surface area contributed by atoms with Crippen molar-refractivity contribution in [3.63, 3.8) is 0 Å². The molecule has 7 heteroatoms. The largest absolute Gasteiger partial charge is 0.409 e. The molecule has 2 saturated heterocycles. The summed E-state index contributed by atoms with van der Waals surface area (Å²) in [5, 5.41) is 1.28. The van der Waals surface area contributed by atoms with Crippen LogP contribution in [0.3, 0.4) is 0 Å². The number of carbonyl (C=O) groups is 1. The summed E-state index contributed by atoms with van der Waals surface area (Å²) in [7, 11) is -1.98. The quantitative estimate of drug-likeness (QED) is 0.476. The van der Waals surface area contributed by atoms with Gasteiger partial charge in [0.15, 0.2) is 20.2 Å². The molecular weight excluding hydrogens is 288 g/mol. The maximum absolute atomic E-state index is 12.2. The molecule has 1 amide bonds. The Morgan fingerprint density at radius 3 is 2.43 bits per heavy atom. The first-order valence-corrected chi connectivity index (χ1v) is 10.3. The SMILES string of the molecule is CC1(C)OC2C(=O)N(N)CC(O[Si](C)(C)C(C)(C)C)C2O1. The van der Waals surface area contributed by atoms with Crippen LogP contribution in [0.4, 0.5) is 0 Å². The van der Waals surface area contributed by atoms with Gasteiger partial charge in [0.2, 0.25) is 0 Å². The first-order chi connectivity index (χ1) is 9.34. The third-order valence-electron chi connectivity index (χ3n) is 4.65. The van der Waals surface area contributed by atoms with Crippen molar-refractivity contribution in [3.8, 4) is 0 Å². The number of nitrogens with two attached hydrogens (primary N) is 1. The Balaban J connectivity index is 2.22. The van der Waals surface area contributed by atoms with Crippen molar-refractivity contribution in [2.24, 2.45) is 5.84 Å². The van der Waals surface area contributed by atoms with Gasteiger partial charge in [-0.15, -0.1) is 0 Å². The molecule has 3 atom stereocenters. The molecule has 2 aliphatic rings. The average molecular weight is 316 g/mol. The summed E-state index contributed by atoms with van der Waals surface area (Å²) in [5.74, 6) is 4.80. The standard InChI is InChI=1S/C14H28N2O4Si/c1-13(2,3)21(6,7)20-9-8-16(15)12(17)11-10(9)18-14(4,5)19-11/h9-11H,8,15H2,1-7H3. The number of piperidine rings is 1. The maximum Gasteiger partial charge on any atom is 0.268 e. The van der Waals surface area contributed by atoms with Crippen LogP contribution in [0.5, 0.6) is 0 Å². The van der Waals surface area contributed by atoms with Crippen LogP contribution in [0.25, 0.3) is 0 Å². The molecule has 6 nitrogen and oxygen atoms in total. The van der Waals surface area contributed by atoms with Gasteiger partial charge in [0.25, 0.3) is 5.91 Å². The van der Waals surface area contributed by atoms with E-state index in [0.717, 1.165) is 0 Å². The Hall–Kier alpha value is -0.473. The summed E-state index contributed by atoms with van der Waals surface area (Å²) in [4.78, 5) is 12.2. The van der Waals surface area contributed by atoms with Crippen molar-refractivity contribution in [1.29, 1.82) is 0 Å². The minimum atomic E-state index is -1.98. The number of nitrogens with zero attached hydrogens (tertiary/aromatic N) is 1. The molecule has 2 fully saturated rings. The van der Waals surface area contributed by atoms with E-state index in [-0.39, 0.29) is 23.2 Å². The lowest BCUT2D eigenvalue weighted by molar-refractivity contribution is -0.159. The smallest absolute Gasteiger partial charge is 0.268 e. The molecule has 0 aromatic heterocycles. The Kier molecular flexibility index (Phi) is 4.04. The third-order valence-corrected chi connectivity index (χ3v) is 9.16. The summed E-state index contributed by atoms with van der Waals surface area (Å²) in [6.45, 7) is 14.9. The first-order valence-electron chi connectivity index (χ1n) is 7.44. The van der Waals surface area contributed by atoms with E-state index >= 15 is 0 Å². The number of hydrogen-bond acceptors (Lipinski definition) is 5. The second kappa shape index (κ2) is 5.02. The molecule has 2 heterocycles. The van der Waals surface area contributed by atoms with E-state index in [1.165, 1.54) is 5.01 Å². The maximum atomic E-state index is 12.2. The molecule has 0 aromatic rings. The number of hydrogen-bond donors (Lipinski definition) is 1. The minimum absolute atomic E-state index is 0.0817. The topological polar surface area (TPSA) is 74.0 Å². The first kappa shape index (κ1) is 16.9. The monoisotopic (exact) mass is 316 g/mol. The molecule has 2 N–H and O–H groups in total. The number of carbonyl (C=O) groups excluding carboxylic acids is 1. The van der Waals surface area contributed by atoms with Crippen molar-refractivity contribution in [2.75, 3.05) is 6.54 Å². The molecule has 0 bridgehead atoms. The van der Waals surface area contributed by atoms with Gasteiger partial charge < -0.3 is 13.9 Å². The van der Waals surface area contributed by atoms with E-state index < -0.39 is 20.2 Å². The van der Waals surface area contributed by atoms with Crippen LogP contribution < -0.4 is 5.84 Å². The van der Waals surface area contributed by atoms with Crippen LogP contribution in [0, 0.1) is 0 Å². The highest BCUT2D eigenvalue weighted by Gasteiger charge is 2.55. The lowest BCUT2D eigenvalue weighted by Crippen LogP contribution is -2.63. The molecular formula is C14H28N2O4Si. The van der Waals surface area contributed by atoms with Crippen LogP contribution in [0.1, 0.15) is 34.6 Å². The minimum Gasteiger partial charge on any atom is -0.409 e. The second-order valence-electron chi connectivity index (χ2n) is 7.93. The summed E-state index contributed by atoms with van der Waals surface area (Å²) in [6, 6.07) is 0. The van der Waals surface area contributed by atoms with Crippen LogP contribution in [0.2, 0.25) is 18.1 Å². The van der Waals surface area contributed by atoms with Gasteiger partial charge in [-0.1, -0.05) is 20.8 Å². The fourth-order valence-electron chi connectivity index (χ4n) is 2.46. The predicted octanol–water partition coefficient (Wildman–Crippen LogP) is 1.61. The van der Waals surface area contributed by atoms with Crippen molar-refractivity contribution >= 4 is 14.2 Å². The van der Waals surface area contributed by atoms with Gasteiger partial charge in [0.1, 0.15) is 6.10 Å². The lowest BCUT2D eigenvalue weighted by Gasteiger charge is -2.44. The van der Waals surface area contributed by atoms with E-state index in [4.69, 9.17) is 19.7 Å². The van der Waals surface area contributed by atoms with Gasteiger partial charge in [-0.25, -0.2) is 5.84 Å². The lowest BCUT2D eigenvalue weighted by atomic mass is 10.0. The Bertz CT molecular complexity index is 433. The van der Waals surface area contributed by atoms with Crippen LogP contribution in [0.15, 0.2) is 0 Å². The zero-order chi connectivity index (χ0) is 16.2. The number of amides is 1. The van der Waals surface area contributed by atoms with Crippen LogP contribution in [-0.4, -0.2) is 49.9 Å². The molecule has 0 spiro atoms. The molecule has 122 valence electrons. The van der Waals surface area contributed by atoms with Crippen LogP contribution in [-0.2, 0) is 18.7 Å². The Labute approximate surface area is 128 Å². The zero-order valence-corrected chi connectivity index (χ0v) is 15.1. The van der Waals surface area contributed by atoms with Crippen molar-refractivity contribution in [1.82, 2.24) is 5.01 Å². The summed E-state index contributed by atoms with van der Waals surface area (Å²) < 4.78 is 18.1. The van der Waals surface area contributed by atoms with Gasteiger partial charge in [-0.05, 0) is 32.0 Å². The molecule has 0 saturated carbocycles. The van der Waals surface area contributed by atoms with Gasteiger partial charge in [-0.3, -0.25) is 9.80 Å². The number of hydrazine groups is 1. The molecule has 0 radical (unpaired) electrons. The Morgan fingerprint density at radius 1 is 1.33 bits per heavy atom. The number of ether oxygens (including phenoxy) is 2. The van der Waals surface area contributed by atoms with Gasteiger partial charge in [0.05, 0.1) is 12.6 Å². The third kappa shape index (κ3) is 3.17. The summed E-state index contributed by atoms with van der Waals surface area (Å²) in [6.07, 6.45) is -1.31.